The van der Waals surface area contributed by atoms with Crippen molar-refractivity contribution in [2.75, 3.05) is 44.8 Å². The second kappa shape index (κ2) is 15.7. The molecule has 0 atom stereocenters. The summed E-state index contributed by atoms with van der Waals surface area (Å²) in [6.45, 7) is 7.39. The minimum atomic E-state index is -0.273. The van der Waals surface area contributed by atoms with Gasteiger partial charge >= 0.3 is 0 Å². The third kappa shape index (κ3) is 10.1. The van der Waals surface area contributed by atoms with Crippen molar-refractivity contribution in [2.24, 2.45) is 10.9 Å². The van der Waals surface area contributed by atoms with Gasteiger partial charge in [-0.1, -0.05) is 12.1 Å². The fourth-order valence-electron chi connectivity index (χ4n) is 3.40. The van der Waals surface area contributed by atoms with Crippen LogP contribution in [0.25, 0.3) is 0 Å². The number of nitrogens with one attached hydrogen (secondary N) is 3. The Kier molecular flexibility index (Phi) is 12.9. The van der Waals surface area contributed by atoms with Gasteiger partial charge in [-0.2, -0.15) is 0 Å². The Hall–Kier alpha value is -2.11. The highest BCUT2D eigenvalue weighted by atomic mass is 127. The Morgan fingerprint density at radius 2 is 2.03 bits per heavy atom. The molecule has 3 N–H and O–H groups in total. The fourth-order valence-corrected chi connectivity index (χ4v) is 3.40. The van der Waals surface area contributed by atoms with Gasteiger partial charge in [-0.15, -0.1) is 24.0 Å². The number of halogens is 1. The smallest absolute Gasteiger partial charge is 0.291 e. The van der Waals surface area contributed by atoms with Crippen molar-refractivity contribution in [3.8, 4) is 0 Å². The molecule has 0 radical (unpaired) electrons. The van der Waals surface area contributed by atoms with Crippen molar-refractivity contribution in [1.29, 1.82) is 0 Å². The topological polar surface area (TPSA) is 97.1 Å². The van der Waals surface area contributed by atoms with E-state index < -0.39 is 0 Å². The Bertz CT molecular complexity index is 839. The lowest BCUT2D eigenvalue weighted by atomic mass is 10.0. The highest BCUT2D eigenvalue weighted by molar-refractivity contribution is 14.0. The van der Waals surface area contributed by atoms with Crippen LogP contribution in [0.1, 0.15) is 42.3 Å². The van der Waals surface area contributed by atoms with Crippen LogP contribution in [0, 0.1) is 5.92 Å². The van der Waals surface area contributed by atoms with E-state index in [2.05, 4.69) is 20.9 Å². The molecule has 1 amide bonds. The number of guanidine groups is 1. The van der Waals surface area contributed by atoms with Crippen LogP contribution < -0.4 is 16.0 Å². The average Bonchev–Trinajstić information content (AvgIpc) is 3.36. The van der Waals surface area contributed by atoms with Crippen LogP contribution in [0.15, 0.2) is 52.1 Å². The molecule has 9 heteroatoms. The van der Waals surface area contributed by atoms with Gasteiger partial charge in [-0.25, -0.2) is 4.99 Å². The molecule has 1 aromatic heterocycles. The zero-order valence-electron chi connectivity index (χ0n) is 19.2. The average molecular weight is 570 g/mol. The molecule has 182 valence electrons. The molecule has 0 saturated carbocycles. The Labute approximate surface area is 212 Å². The predicted molar refractivity (Wildman–Crippen MR) is 140 cm³/mol. The van der Waals surface area contributed by atoms with E-state index in [1.165, 1.54) is 6.26 Å². The molecular formula is C24H35IN4O4. The van der Waals surface area contributed by atoms with Crippen LogP contribution in [-0.4, -0.2) is 51.4 Å². The first kappa shape index (κ1) is 27.1. The summed E-state index contributed by atoms with van der Waals surface area (Å²) in [5, 5.41) is 9.46. The third-order valence-corrected chi connectivity index (χ3v) is 5.15. The molecule has 2 aromatic rings. The maximum absolute atomic E-state index is 12.2. The largest absolute Gasteiger partial charge is 0.459 e. The SMILES string of the molecule is CCNC(=NCc1cccc(NC(=O)c2ccco2)c1)NCCCOCC1CCOCC1.I. The maximum atomic E-state index is 12.2. The molecule has 0 aliphatic carbocycles. The molecule has 0 unspecified atom stereocenters. The molecular weight excluding hydrogens is 535 g/mol. The van der Waals surface area contributed by atoms with Crippen molar-refractivity contribution in [3.63, 3.8) is 0 Å². The lowest BCUT2D eigenvalue weighted by molar-refractivity contribution is 0.0203. The van der Waals surface area contributed by atoms with Crippen LogP contribution in [0.3, 0.4) is 0 Å². The van der Waals surface area contributed by atoms with Crippen molar-refractivity contribution in [3.05, 3.63) is 54.0 Å². The number of hydrogen-bond donors (Lipinski definition) is 3. The Morgan fingerprint density at radius 3 is 2.79 bits per heavy atom. The summed E-state index contributed by atoms with van der Waals surface area (Å²) in [5.41, 5.74) is 1.71. The van der Waals surface area contributed by atoms with Crippen LogP contribution in [0.2, 0.25) is 0 Å². The van der Waals surface area contributed by atoms with Gasteiger partial charge in [0.1, 0.15) is 0 Å². The van der Waals surface area contributed by atoms with E-state index in [0.29, 0.717) is 18.2 Å². The van der Waals surface area contributed by atoms with E-state index in [-0.39, 0.29) is 35.6 Å². The number of furan rings is 1. The number of amides is 1. The Balaban J connectivity index is 0.00000385. The number of aliphatic imine (C=N–C) groups is 1. The van der Waals surface area contributed by atoms with Crippen molar-refractivity contribution in [2.45, 2.75) is 32.7 Å². The molecule has 8 nitrogen and oxygen atoms in total. The van der Waals surface area contributed by atoms with Gasteiger partial charge in [-0.3, -0.25) is 4.79 Å². The zero-order chi connectivity index (χ0) is 22.4. The molecule has 0 spiro atoms. The van der Waals surface area contributed by atoms with Crippen LogP contribution >= 0.6 is 24.0 Å². The number of benzene rings is 1. The second-order valence-electron chi connectivity index (χ2n) is 7.74. The summed E-state index contributed by atoms with van der Waals surface area (Å²) in [7, 11) is 0. The number of carbonyl (C=O) groups excluding carboxylic acids is 1. The molecule has 0 bridgehead atoms. The Morgan fingerprint density at radius 1 is 1.18 bits per heavy atom. The number of hydrogen-bond acceptors (Lipinski definition) is 5. The number of carbonyl (C=O) groups is 1. The van der Waals surface area contributed by atoms with Gasteiger partial charge in [0.25, 0.3) is 5.91 Å². The summed E-state index contributed by atoms with van der Waals surface area (Å²) in [4.78, 5) is 16.8. The molecule has 2 heterocycles. The van der Waals surface area contributed by atoms with E-state index in [1.54, 1.807) is 12.1 Å². The van der Waals surface area contributed by atoms with Gasteiger partial charge in [0.05, 0.1) is 12.8 Å². The van der Waals surface area contributed by atoms with Crippen LogP contribution in [0.5, 0.6) is 0 Å². The molecule has 1 saturated heterocycles. The number of rotatable bonds is 11. The molecule has 1 aromatic carbocycles. The number of nitrogens with zero attached hydrogens (tertiary/aromatic N) is 1. The zero-order valence-corrected chi connectivity index (χ0v) is 21.5. The van der Waals surface area contributed by atoms with E-state index in [9.17, 15) is 4.79 Å². The minimum Gasteiger partial charge on any atom is -0.459 e. The van der Waals surface area contributed by atoms with Crippen LogP contribution in [-0.2, 0) is 16.0 Å². The van der Waals surface area contributed by atoms with E-state index in [4.69, 9.17) is 13.9 Å². The van der Waals surface area contributed by atoms with E-state index in [1.807, 2.05) is 31.2 Å². The predicted octanol–water partition coefficient (Wildman–Crippen LogP) is 4.04. The van der Waals surface area contributed by atoms with Gasteiger partial charge in [0.15, 0.2) is 11.7 Å². The first-order valence-electron chi connectivity index (χ1n) is 11.4. The standard InChI is InChI=1S/C24H34N4O4.HI/c1-2-25-24(26-11-5-12-31-18-19-9-14-30-15-10-19)27-17-20-6-3-7-21(16-20)28-23(29)22-8-4-13-32-22;/h3-4,6-8,13,16,19H,2,5,9-12,14-15,17-18H2,1H3,(H,28,29)(H2,25,26,27);1H. The van der Waals surface area contributed by atoms with Gasteiger partial charge in [-0.05, 0) is 61.9 Å². The molecule has 1 fully saturated rings. The van der Waals surface area contributed by atoms with E-state index >= 15 is 0 Å². The highest BCUT2D eigenvalue weighted by Gasteiger charge is 2.13. The fraction of sp³-hybridized carbons (Fsp3) is 0.500. The molecule has 1 aliphatic heterocycles. The summed E-state index contributed by atoms with van der Waals surface area (Å²) < 4.78 is 16.3. The lowest BCUT2D eigenvalue weighted by Crippen LogP contribution is -2.38. The quantitative estimate of drug-likeness (QED) is 0.163. The molecule has 1 aliphatic rings. The lowest BCUT2D eigenvalue weighted by Gasteiger charge is -2.21. The third-order valence-electron chi connectivity index (χ3n) is 5.15. The monoisotopic (exact) mass is 570 g/mol. The van der Waals surface area contributed by atoms with E-state index in [0.717, 1.165) is 70.3 Å². The first-order chi connectivity index (χ1) is 15.7. The summed E-state index contributed by atoms with van der Waals surface area (Å²) in [6, 6.07) is 11.0. The molecule has 33 heavy (non-hydrogen) atoms. The van der Waals surface area contributed by atoms with Crippen molar-refractivity contribution >= 4 is 41.5 Å². The number of ether oxygens (including phenoxy) is 2. The number of anilines is 1. The van der Waals surface area contributed by atoms with Crippen molar-refractivity contribution < 1.29 is 18.7 Å². The maximum Gasteiger partial charge on any atom is 0.291 e. The normalized spacial score (nSPS) is 14.4. The molecule has 3 rings (SSSR count). The first-order valence-corrected chi connectivity index (χ1v) is 11.4. The van der Waals surface area contributed by atoms with Crippen LogP contribution in [0.4, 0.5) is 5.69 Å². The van der Waals surface area contributed by atoms with Gasteiger partial charge < -0.3 is 29.8 Å². The van der Waals surface area contributed by atoms with Gasteiger partial charge in [0.2, 0.25) is 0 Å². The summed E-state index contributed by atoms with van der Waals surface area (Å²) in [6.07, 6.45) is 4.60. The summed E-state index contributed by atoms with van der Waals surface area (Å²) >= 11 is 0. The highest BCUT2D eigenvalue weighted by Crippen LogP contribution is 2.15. The second-order valence-corrected chi connectivity index (χ2v) is 7.74. The van der Waals surface area contributed by atoms with Crippen molar-refractivity contribution in [1.82, 2.24) is 10.6 Å². The minimum absolute atomic E-state index is 0. The summed E-state index contributed by atoms with van der Waals surface area (Å²) in [5.74, 6) is 1.41. The van der Waals surface area contributed by atoms with Gasteiger partial charge in [0, 0.05) is 45.2 Å².